The molecule has 0 bridgehead atoms. The number of nitrogens with one attached hydrogen (secondary N) is 1. The van der Waals surface area contributed by atoms with Gasteiger partial charge in [0.1, 0.15) is 11.6 Å². The molecule has 0 fully saturated rings. The number of H-pyrrole nitrogens is 1. The highest BCUT2D eigenvalue weighted by Gasteiger charge is 2.05. The second-order valence-corrected chi connectivity index (χ2v) is 3.07. The number of halogens is 2. The summed E-state index contributed by atoms with van der Waals surface area (Å²) in [6, 6.07) is 6.95. The predicted molar refractivity (Wildman–Crippen MR) is 50.9 cm³/mol. The van der Waals surface area contributed by atoms with E-state index in [4.69, 9.17) is 5.26 Å². The topological polar surface area (TPSA) is 39.6 Å². The Balaban J connectivity index is 2.54. The molecule has 0 aliphatic rings. The third-order valence-corrected chi connectivity index (χ3v) is 1.99. The highest BCUT2D eigenvalue weighted by Crippen LogP contribution is 2.21. The van der Waals surface area contributed by atoms with Gasteiger partial charge in [-0.05, 0) is 24.3 Å². The molecule has 0 aliphatic heterocycles. The van der Waals surface area contributed by atoms with Gasteiger partial charge < -0.3 is 4.98 Å². The molecule has 1 aromatic heterocycles. The number of benzene rings is 1. The summed E-state index contributed by atoms with van der Waals surface area (Å²) in [5.74, 6) is -0.938. The Kier molecular flexibility index (Phi) is 2.22. The molecule has 1 heterocycles. The standard InChI is InChI=1S/C11H6F2N2/c12-9-2-7(5-14)1-8(3-9)11-4-10(13)6-15-11/h1-4,6,15H. The summed E-state index contributed by atoms with van der Waals surface area (Å²) >= 11 is 0. The van der Waals surface area contributed by atoms with Gasteiger partial charge in [0.25, 0.3) is 0 Å². The number of nitriles is 1. The second-order valence-electron chi connectivity index (χ2n) is 3.07. The zero-order valence-corrected chi connectivity index (χ0v) is 7.59. The summed E-state index contributed by atoms with van der Waals surface area (Å²) in [6.07, 6.45) is 1.17. The van der Waals surface area contributed by atoms with Crippen molar-refractivity contribution in [2.45, 2.75) is 0 Å². The van der Waals surface area contributed by atoms with Crippen LogP contribution in [0.4, 0.5) is 8.78 Å². The molecule has 0 atom stereocenters. The lowest BCUT2D eigenvalue weighted by atomic mass is 10.1. The number of aromatic nitrogens is 1. The molecule has 0 unspecified atom stereocenters. The van der Waals surface area contributed by atoms with E-state index in [1.807, 2.05) is 6.07 Å². The maximum atomic E-state index is 13.0. The van der Waals surface area contributed by atoms with Crippen molar-refractivity contribution in [1.82, 2.24) is 4.98 Å². The minimum Gasteiger partial charge on any atom is -0.359 e. The summed E-state index contributed by atoms with van der Waals surface area (Å²) in [5.41, 5.74) is 1.11. The number of aromatic amines is 1. The first-order valence-electron chi connectivity index (χ1n) is 4.24. The molecule has 0 saturated carbocycles. The van der Waals surface area contributed by atoms with Gasteiger partial charge >= 0.3 is 0 Å². The van der Waals surface area contributed by atoms with Crippen LogP contribution in [0.15, 0.2) is 30.5 Å². The summed E-state index contributed by atoms with van der Waals surface area (Å²) < 4.78 is 25.8. The van der Waals surface area contributed by atoms with Gasteiger partial charge in [-0.1, -0.05) is 0 Å². The Hall–Kier alpha value is -2.15. The summed E-state index contributed by atoms with van der Waals surface area (Å²) in [4.78, 5) is 2.65. The smallest absolute Gasteiger partial charge is 0.141 e. The molecule has 0 aliphatic carbocycles. The van der Waals surface area contributed by atoms with Crippen molar-refractivity contribution in [3.63, 3.8) is 0 Å². The van der Waals surface area contributed by atoms with Crippen LogP contribution >= 0.6 is 0 Å². The molecule has 15 heavy (non-hydrogen) atoms. The fourth-order valence-corrected chi connectivity index (χ4v) is 1.34. The van der Waals surface area contributed by atoms with Gasteiger partial charge in [0.05, 0.1) is 11.6 Å². The third kappa shape index (κ3) is 1.86. The fraction of sp³-hybridized carbons (Fsp3) is 0. The Morgan fingerprint density at radius 2 is 1.87 bits per heavy atom. The minimum absolute atomic E-state index is 0.208. The van der Waals surface area contributed by atoms with Gasteiger partial charge in [0.15, 0.2) is 0 Å². The minimum atomic E-state index is -0.515. The maximum absolute atomic E-state index is 13.0. The fourth-order valence-electron chi connectivity index (χ4n) is 1.34. The molecular weight excluding hydrogens is 198 g/mol. The average molecular weight is 204 g/mol. The van der Waals surface area contributed by atoms with Crippen LogP contribution in [0.2, 0.25) is 0 Å². The average Bonchev–Trinajstić information content (AvgIpc) is 2.64. The van der Waals surface area contributed by atoms with Crippen LogP contribution in [0, 0.1) is 23.0 Å². The van der Waals surface area contributed by atoms with Crippen molar-refractivity contribution in [3.05, 3.63) is 47.7 Å². The first-order chi connectivity index (χ1) is 7.19. The molecule has 0 saturated heterocycles. The maximum Gasteiger partial charge on any atom is 0.141 e. The van der Waals surface area contributed by atoms with Crippen LogP contribution in [0.1, 0.15) is 5.56 Å². The number of hydrogen-bond acceptors (Lipinski definition) is 1. The van der Waals surface area contributed by atoms with Crippen molar-refractivity contribution >= 4 is 0 Å². The molecule has 0 radical (unpaired) electrons. The second kappa shape index (κ2) is 3.54. The Bertz CT molecular complexity index is 538. The lowest BCUT2D eigenvalue weighted by Gasteiger charge is -1.98. The number of rotatable bonds is 1. The van der Waals surface area contributed by atoms with E-state index in [0.717, 1.165) is 6.07 Å². The monoisotopic (exact) mass is 204 g/mol. The summed E-state index contributed by atoms with van der Waals surface area (Å²) in [5, 5.41) is 8.64. The quantitative estimate of drug-likeness (QED) is 0.762. The molecule has 2 rings (SSSR count). The van der Waals surface area contributed by atoms with Gasteiger partial charge in [-0.25, -0.2) is 8.78 Å². The molecule has 2 nitrogen and oxygen atoms in total. The number of hydrogen-bond donors (Lipinski definition) is 1. The highest BCUT2D eigenvalue weighted by molar-refractivity contribution is 5.61. The van der Waals surface area contributed by atoms with Gasteiger partial charge in [0, 0.05) is 17.5 Å². The van der Waals surface area contributed by atoms with E-state index in [2.05, 4.69) is 4.98 Å². The van der Waals surface area contributed by atoms with E-state index >= 15 is 0 Å². The summed E-state index contributed by atoms with van der Waals surface area (Å²) in [6.45, 7) is 0. The van der Waals surface area contributed by atoms with Crippen molar-refractivity contribution in [2.75, 3.05) is 0 Å². The van der Waals surface area contributed by atoms with Crippen LogP contribution in [0.5, 0.6) is 0 Å². The van der Waals surface area contributed by atoms with E-state index < -0.39 is 11.6 Å². The van der Waals surface area contributed by atoms with Crippen molar-refractivity contribution in [2.24, 2.45) is 0 Å². The van der Waals surface area contributed by atoms with Crippen molar-refractivity contribution in [3.8, 4) is 17.3 Å². The Morgan fingerprint density at radius 1 is 1.07 bits per heavy atom. The molecular formula is C11H6F2N2. The van der Waals surface area contributed by atoms with Gasteiger partial charge in [-0.3, -0.25) is 0 Å². The Labute approximate surface area is 84.8 Å². The lowest BCUT2D eigenvalue weighted by molar-refractivity contribution is 0.627. The SMILES string of the molecule is N#Cc1cc(F)cc(-c2cc(F)c[nH]2)c1. The zero-order chi connectivity index (χ0) is 10.8. The van der Waals surface area contributed by atoms with E-state index in [0.29, 0.717) is 11.3 Å². The molecule has 1 aromatic carbocycles. The van der Waals surface area contributed by atoms with Crippen LogP contribution in [0.3, 0.4) is 0 Å². The normalized spacial score (nSPS) is 9.93. The summed E-state index contributed by atoms with van der Waals surface area (Å²) in [7, 11) is 0. The predicted octanol–water partition coefficient (Wildman–Crippen LogP) is 2.83. The molecule has 4 heteroatoms. The van der Waals surface area contributed by atoms with Crippen molar-refractivity contribution in [1.29, 1.82) is 5.26 Å². The zero-order valence-electron chi connectivity index (χ0n) is 7.59. The first-order valence-corrected chi connectivity index (χ1v) is 4.24. The molecule has 2 aromatic rings. The van der Waals surface area contributed by atoms with E-state index in [1.165, 1.54) is 24.4 Å². The van der Waals surface area contributed by atoms with E-state index in [9.17, 15) is 8.78 Å². The van der Waals surface area contributed by atoms with Gasteiger partial charge in [0.2, 0.25) is 0 Å². The van der Waals surface area contributed by atoms with Crippen molar-refractivity contribution < 1.29 is 8.78 Å². The lowest BCUT2D eigenvalue weighted by Crippen LogP contribution is -1.83. The van der Waals surface area contributed by atoms with Gasteiger partial charge in [-0.15, -0.1) is 0 Å². The number of nitrogens with zero attached hydrogens (tertiary/aromatic N) is 1. The molecule has 1 N–H and O–H groups in total. The van der Waals surface area contributed by atoms with Crippen LogP contribution in [-0.4, -0.2) is 4.98 Å². The highest BCUT2D eigenvalue weighted by atomic mass is 19.1. The largest absolute Gasteiger partial charge is 0.359 e. The molecule has 74 valence electrons. The van der Waals surface area contributed by atoms with E-state index in [-0.39, 0.29) is 5.56 Å². The van der Waals surface area contributed by atoms with Crippen LogP contribution in [-0.2, 0) is 0 Å². The molecule has 0 spiro atoms. The first kappa shape index (κ1) is 9.41. The molecule has 0 amide bonds. The Morgan fingerprint density at radius 3 is 2.47 bits per heavy atom. The van der Waals surface area contributed by atoms with Crippen LogP contribution in [0.25, 0.3) is 11.3 Å². The van der Waals surface area contributed by atoms with Gasteiger partial charge in [-0.2, -0.15) is 5.26 Å². The van der Waals surface area contributed by atoms with E-state index in [1.54, 1.807) is 0 Å². The van der Waals surface area contributed by atoms with Crippen LogP contribution < -0.4 is 0 Å². The third-order valence-electron chi connectivity index (χ3n) is 1.99.